The van der Waals surface area contributed by atoms with Gasteiger partial charge in [0.2, 0.25) is 5.91 Å². The van der Waals surface area contributed by atoms with E-state index < -0.39 is 17.8 Å². The van der Waals surface area contributed by atoms with Crippen molar-refractivity contribution in [2.45, 2.75) is 51.5 Å². The Morgan fingerprint density at radius 2 is 2.00 bits per heavy atom. The molecule has 0 radical (unpaired) electrons. The average Bonchev–Trinajstić information content (AvgIpc) is 3.04. The van der Waals surface area contributed by atoms with E-state index >= 15 is 0 Å². The molecule has 2 aliphatic carbocycles. The highest BCUT2D eigenvalue weighted by Crippen LogP contribution is 2.39. The number of carbonyl (C=O) groups excluding carboxylic acids is 1. The third-order valence-electron chi connectivity index (χ3n) is 4.90. The summed E-state index contributed by atoms with van der Waals surface area (Å²) in [6.07, 6.45) is 4.77. The predicted molar refractivity (Wildman–Crippen MR) is 72.5 cm³/mol. The van der Waals surface area contributed by atoms with Gasteiger partial charge in [-0.25, -0.2) is 0 Å². The normalized spacial score (nSPS) is 36.5. The number of hydrogen-bond acceptors (Lipinski definition) is 3. The summed E-state index contributed by atoms with van der Waals surface area (Å²) in [7, 11) is 0. The summed E-state index contributed by atoms with van der Waals surface area (Å²) in [5.41, 5.74) is 0. The van der Waals surface area contributed by atoms with Crippen LogP contribution in [0.1, 0.15) is 45.4 Å². The van der Waals surface area contributed by atoms with Crippen molar-refractivity contribution in [3.8, 4) is 6.07 Å². The third-order valence-corrected chi connectivity index (χ3v) is 4.90. The first kappa shape index (κ1) is 14.8. The first-order valence-corrected chi connectivity index (χ1v) is 7.49. The standard InChI is InChI=1S/C15H22N2O3/c1-2-9-6-11(12(7-9)15(19)20)14(18)17-13-5-3-4-10(13)8-16/h9-13H,2-7H2,1H3,(H,17,18)(H,19,20). The van der Waals surface area contributed by atoms with Gasteiger partial charge in [0.1, 0.15) is 0 Å². The molecule has 2 rings (SSSR count). The monoisotopic (exact) mass is 278 g/mol. The summed E-state index contributed by atoms with van der Waals surface area (Å²) in [5, 5.41) is 21.2. The van der Waals surface area contributed by atoms with E-state index in [0.717, 1.165) is 25.7 Å². The Labute approximate surface area is 119 Å². The van der Waals surface area contributed by atoms with E-state index in [1.54, 1.807) is 0 Å². The lowest BCUT2D eigenvalue weighted by atomic mass is 9.94. The van der Waals surface area contributed by atoms with E-state index in [2.05, 4.69) is 11.4 Å². The molecule has 5 nitrogen and oxygen atoms in total. The minimum Gasteiger partial charge on any atom is -0.481 e. The second-order valence-electron chi connectivity index (χ2n) is 6.08. The van der Waals surface area contributed by atoms with Gasteiger partial charge in [-0.15, -0.1) is 0 Å². The molecule has 0 aromatic carbocycles. The minimum absolute atomic E-state index is 0.0948. The van der Waals surface area contributed by atoms with Gasteiger partial charge < -0.3 is 10.4 Å². The van der Waals surface area contributed by atoms with Crippen LogP contribution in [-0.2, 0) is 9.59 Å². The number of nitrogens with zero attached hydrogens (tertiary/aromatic N) is 1. The Hall–Kier alpha value is -1.57. The van der Waals surface area contributed by atoms with Crippen molar-refractivity contribution in [3.05, 3.63) is 0 Å². The summed E-state index contributed by atoms with van der Waals surface area (Å²) in [4.78, 5) is 23.7. The number of nitriles is 1. The van der Waals surface area contributed by atoms with Crippen LogP contribution < -0.4 is 5.32 Å². The lowest BCUT2D eigenvalue weighted by Crippen LogP contribution is -2.42. The van der Waals surface area contributed by atoms with Gasteiger partial charge in [0.25, 0.3) is 0 Å². The highest BCUT2D eigenvalue weighted by molar-refractivity contribution is 5.85. The molecule has 2 saturated carbocycles. The molecular formula is C15H22N2O3. The lowest BCUT2D eigenvalue weighted by Gasteiger charge is -2.20. The smallest absolute Gasteiger partial charge is 0.307 e. The highest BCUT2D eigenvalue weighted by Gasteiger charge is 2.43. The zero-order chi connectivity index (χ0) is 14.7. The van der Waals surface area contributed by atoms with Crippen LogP contribution in [-0.4, -0.2) is 23.0 Å². The number of aliphatic carboxylic acids is 1. The first-order valence-electron chi connectivity index (χ1n) is 7.49. The van der Waals surface area contributed by atoms with Crippen molar-refractivity contribution in [2.24, 2.45) is 23.7 Å². The van der Waals surface area contributed by atoms with Crippen molar-refractivity contribution in [1.82, 2.24) is 5.32 Å². The molecule has 5 unspecified atom stereocenters. The molecule has 2 aliphatic rings. The molecule has 0 aliphatic heterocycles. The first-order chi connectivity index (χ1) is 9.56. The molecule has 0 saturated heterocycles. The van der Waals surface area contributed by atoms with Gasteiger partial charge in [-0.3, -0.25) is 9.59 Å². The average molecular weight is 278 g/mol. The van der Waals surface area contributed by atoms with Crippen molar-refractivity contribution in [1.29, 1.82) is 5.26 Å². The molecule has 5 atom stereocenters. The molecule has 0 aromatic rings. The number of rotatable bonds is 4. The van der Waals surface area contributed by atoms with Gasteiger partial charge in [-0.05, 0) is 38.0 Å². The summed E-state index contributed by atoms with van der Waals surface area (Å²) in [6, 6.07) is 2.14. The number of carbonyl (C=O) groups is 2. The number of amides is 1. The number of carboxylic acids is 1. The van der Waals surface area contributed by atoms with Crippen molar-refractivity contribution < 1.29 is 14.7 Å². The maximum atomic E-state index is 12.4. The maximum Gasteiger partial charge on any atom is 0.307 e. The van der Waals surface area contributed by atoms with E-state index in [0.29, 0.717) is 18.8 Å². The molecule has 110 valence electrons. The van der Waals surface area contributed by atoms with Gasteiger partial charge in [-0.2, -0.15) is 5.26 Å². The molecule has 2 N–H and O–H groups in total. The van der Waals surface area contributed by atoms with Crippen molar-refractivity contribution in [3.63, 3.8) is 0 Å². The summed E-state index contributed by atoms with van der Waals surface area (Å²) < 4.78 is 0. The van der Waals surface area contributed by atoms with Gasteiger partial charge >= 0.3 is 5.97 Å². The Kier molecular flexibility index (Phi) is 4.64. The van der Waals surface area contributed by atoms with E-state index in [4.69, 9.17) is 5.26 Å². The van der Waals surface area contributed by atoms with Crippen LogP contribution in [0.3, 0.4) is 0 Å². The molecule has 2 fully saturated rings. The van der Waals surface area contributed by atoms with E-state index in [9.17, 15) is 14.7 Å². The van der Waals surface area contributed by atoms with Crippen LogP contribution in [0.25, 0.3) is 0 Å². The summed E-state index contributed by atoms with van der Waals surface area (Å²) >= 11 is 0. The Balaban J connectivity index is 2.00. The number of carboxylic acid groups (broad SMARTS) is 1. The zero-order valence-corrected chi connectivity index (χ0v) is 11.8. The lowest BCUT2D eigenvalue weighted by molar-refractivity contribution is -0.146. The molecule has 0 aromatic heterocycles. The largest absolute Gasteiger partial charge is 0.481 e. The topological polar surface area (TPSA) is 90.2 Å². The fraction of sp³-hybridized carbons (Fsp3) is 0.800. The zero-order valence-electron chi connectivity index (χ0n) is 11.8. The Morgan fingerprint density at radius 1 is 1.30 bits per heavy atom. The molecule has 0 heterocycles. The predicted octanol–water partition coefficient (Wildman–Crippen LogP) is 1.93. The van der Waals surface area contributed by atoms with E-state index in [1.807, 2.05) is 6.92 Å². The summed E-state index contributed by atoms with van der Waals surface area (Å²) in [6.45, 7) is 2.03. The minimum atomic E-state index is -0.871. The van der Waals surface area contributed by atoms with Crippen LogP contribution in [0.2, 0.25) is 0 Å². The van der Waals surface area contributed by atoms with Gasteiger partial charge in [-0.1, -0.05) is 13.3 Å². The van der Waals surface area contributed by atoms with Crippen LogP contribution in [0.4, 0.5) is 0 Å². The summed E-state index contributed by atoms with van der Waals surface area (Å²) in [5.74, 6) is -1.84. The molecule has 0 spiro atoms. The molecule has 20 heavy (non-hydrogen) atoms. The van der Waals surface area contributed by atoms with Crippen LogP contribution in [0, 0.1) is 35.0 Å². The number of hydrogen-bond donors (Lipinski definition) is 2. The Morgan fingerprint density at radius 3 is 2.60 bits per heavy atom. The highest BCUT2D eigenvalue weighted by atomic mass is 16.4. The second-order valence-corrected chi connectivity index (χ2v) is 6.08. The quantitative estimate of drug-likeness (QED) is 0.822. The van der Waals surface area contributed by atoms with Crippen molar-refractivity contribution >= 4 is 11.9 Å². The van der Waals surface area contributed by atoms with Gasteiger partial charge in [0.15, 0.2) is 0 Å². The van der Waals surface area contributed by atoms with Gasteiger partial charge in [0, 0.05) is 6.04 Å². The Bertz CT molecular complexity index is 429. The SMILES string of the molecule is CCC1CC(C(=O)O)C(C(=O)NC2CCCC2C#N)C1. The van der Waals surface area contributed by atoms with Gasteiger partial charge in [0.05, 0.1) is 23.8 Å². The van der Waals surface area contributed by atoms with Crippen LogP contribution in [0.5, 0.6) is 0 Å². The van der Waals surface area contributed by atoms with Crippen LogP contribution >= 0.6 is 0 Å². The maximum absolute atomic E-state index is 12.4. The fourth-order valence-electron chi connectivity index (χ4n) is 3.62. The molecular weight excluding hydrogens is 256 g/mol. The van der Waals surface area contributed by atoms with Crippen LogP contribution in [0.15, 0.2) is 0 Å². The van der Waals surface area contributed by atoms with E-state index in [1.165, 1.54) is 0 Å². The second kappa shape index (κ2) is 6.25. The molecule has 1 amide bonds. The van der Waals surface area contributed by atoms with E-state index in [-0.39, 0.29) is 17.9 Å². The molecule has 0 bridgehead atoms. The molecule has 5 heteroatoms. The third kappa shape index (κ3) is 2.95. The number of nitrogens with one attached hydrogen (secondary N) is 1. The van der Waals surface area contributed by atoms with Crippen molar-refractivity contribution in [2.75, 3.05) is 0 Å². The fourth-order valence-corrected chi connectivity index (χ4v) is 3.62.